The van der Waals surface area contributed by atoms with Gasteiger partial charge in [0.25, 0.3) is 5.91 Å². The van der Waals surface area contributed by atoms with E-state index in [1.54, 1.807) is 42.5 Å². The lowest BCUT2D eigenvalue weighted by atomic mass is 10.1. The van der Waals surface area contributed by atoms with Crippen LogP contribution in [0.3, 0.4) is 0 Å². The van der Waals surface area contributed by atoms with E-state index in [9.17, 15) is 14.7 Å². The third-order valence-corrected chi connectivity index (χ3v) is 4.04. The van der Waals surface area contributed by atoms with Crippen molar-refractivity contribution in [1.82, 2.24) is 5.32 Å². The van der Waals surface area contributed by atoms with E-state index in [0.717, 1.165) is 0 Å². The fourth-order valence-corrected chi connectivity index (χ4v) is 2.89. The molecule has 0 aromatic heterocycles. The number of halogens is 1. The lowest BCUT2D eigenvalue weighted by Gasteiger charge is -2.14. The fraction of sp³-hybridized carbons (Fsp3) is 0.200. The van der Waals surface area contributed by atoms with Crippen molar-refractivity contribution in [1.29, 1.82) is 0 Å². The topological polar surface area (TPSA) is 84.9 Å². The second kappa shape index (κ2) is 9.78. The van der Waals surface area contributed by atoms with Gasteiger partial charge in [0.05, 0.1) is 17.7 Å². The lowest BCUT2D eigenvalue weighted by Crippen LogP contribution is -2.27. The Morgan fingerprint density at radius 3 is 2.37 bits per heavy atom. The van der Waals surface area contributed by atoms with Crippen LogP contribution >= 0.6 is 15.9 Å². The van der Waals surface area contributed by atoms with Crippen LogP contribution in [0.5, 0.6) is 11.5 Å². The summed E-state index contributed by atoms with van der Waals surface area (Å²) in [6.07, 6.45) is 1.37. The van der Waals surface area contributed by atoms with Crippen molar-refractivity contribution in [2.75, 3.05) is 13.2 Å². The van der Waals surface area contributed by atoms with Gasteiger partial charge < -0.3 is 19.9 Å². The molecule has 2 N–H and O–H groups in total. The van der Waals surface area contributed by atoms with Crippen LogP contribution in [-0.2, 0) is 4.79 Å². The molecule has 142 valence electrons. The molecule has 1 amide bonds. The second-order valence-electron chi connectivity index (χ2n) is 5.38. The molecule has 0 bridgehead atoms. The first kappa shape index (κ1) is 20.5. The van der Waals surface area contributed by atoms with Crippen molar-refractivity contribution < 1.29 is 24.2 Å². The van der Waals surface area contributed by atoms with Gasteiger partial charge in [0, 0.05) is 5.56 Å². The number of benzene rings is 2. The molecule has 2 aromatic carbocycles. The Bertz CT molecular complexity index is 849. The van der Waals surface area contributed by atoms with Crippen molar-refractivity contribution in [3.8, 4) is 11.5 Å². The van der Waals surface area contributed by atoms with Crippen LogP contribution in [0.15, 0.2) is 52.6 Å². The SMILES string of the molecule is CCOc1cc(C=C(NC(=O)c2ccccc2)C(=O)O)cc(Br)c1OCC. The van der Waals surface area contributed by atoms with Gasteiger partial charge in [-0.3, -0.25) is 4.79 Å². The molecule has 7 heteroatoms. The number of carbonyl (C=O) groups is 2. The maximum Gasteiger partial charge on any atom is 0.352 e. The van der Waals surface area contributed by atoms with E-state index in [-0.39, 0.29) is 5.70 Å². The van der Waals surface area contributed by atoms with E-state index in [1.165, 1.54) is 6.08 Å². The molecule has 27 heavy (non-hydrogen) atoms. The number of amides is 1. The summed E-state index contributed by atoms with van der Waals surface area (Å²) in [6.45, 7) is 4.59. The highest BCUT2D eigenvalue weighted by molar-refractivity contribution is 9.10. The van der Waals surface area contributed by atoms with Crippen LogP contribution in [0.2, 0.25) is 0 Å². The summed E-state index contributed by atoms with van der Waals surface area (Å²) < 4.78 is 11.8. The average Bonchev–Trinajstić information content (AvgIpc) is 2.65. The van der Waals surface area contributed by atoms with Gasteiger partial charge in [-0.25, -0.2) is 4.79 Å². The van der Waals surface area contributed by atoms with Crippen LogP contribution in [0.25, 0.3) is 6.08 Å². The highest BCUT2D eigenvalue weighted by Gasteiger charge is 2.16. The largest absolute Gasteiger partial charge is 0.490 e. The van der Waals surface area contributed by atoms with Gasteiger partial charge in [-0.1, -0.05) is 18.2 Å². The zero-order chi connectivity index (χ0) is 19.8. The van der Waals surface area contributed by atoms with Crippen LogP contribution in [0.4, 0.5) is 0 Å². The minimum Gasteiger partial charge on any atom is -0.490 e. The average molecular weight is 434 g/mol. The quantitative estimate of drug-likeness (QED) is 0.612. The van der Waals surface area contributed by atoms with E-state index in [0.29, 0.717) is 40.3 Å². The molecule has 2 aromatic rings. The first-order valence-electron chi connectivity index (χ1n) is 8.36. The summed E-state index contributed by atoms with van der Waals surface area (Å²) in [5.41, 5.74) is 0.662. The molecule has 0 radical (unpaired) electrons. The van der Waals surface area contributed by atoms with Gasteiger partial charge in [-0.2, -0.15) is 0 Å². The van der Waals surface area contributed by atoms with Crippen LogP contribution in [0.1, 0.15) is 29.8 Å². The second-order valence-corrected chi connectivity index (χ2v) is 6.23. The molecule has 0 spiro atoms. The molecule has 0 aliphatic rings. The van der Waals surface area contributed by atoms with Gasteiger partial charge in [0.15, 0.2) is 11.5 Å². The molecule has 2 rings (SSSR count). The molecule has 0 unspecified atom stereocenters. The molecular formula is C20H20BrNO5. The predicted octanol–water partition coefficient (Wildman–Crippen LogP) is 4.10. The van der Waals surface area contributed by atoms with Crippen molar-refractivity contribution in [3.63, 3.8) is 0 Å². The third kappa shape index (κ3) is 5.59. The number of carboxylic acids is 1. The molecule has 0 saturated carbocycles. The van der Waals surface area contributed by atoms with Crippen molar-refractivity contribution >= 4 is 33.9 Å². The van der Waals surface area contributed by atoms with Crippen molar-refractivity contribution in [3.05, 3.63) is 63.8 Å². The number of rotatable bonds is 8. The van der Waals surface area contributed by atoms with Crippen LogP contribution in [-0.4, -0.2) is 30.2 Å². The number of hydrogen-bond donors (Lipinski definition) is 2. The number of carbonyl (C=O) groups excluding carboxylic acids is 1. The molecule has 0 fully saturated rings. The normalized spacial score (nSPS) is 11.0. The Labute approximate surface area is 165 Å². The lowest BCUT2D eigenvalue weighted by molar-refractivity contribution is -0.132. The highest BCUT2D eigenvalue weighted by atomic mass is 79.9. The highest BCUT2D eigenvalue weighted by Crippen LogP contribution is 2.37. The van der Waals surface area contributed by atoms with Gasteiger partial charge in [0.2, 0.25) is 0 Å². The summed E-state index contributed by atoms with van der Waals surface area (Å²) in [5.74, 6) is -0.720. The number of nitrogens with one attached hydrogen (secondary N) is 1. The first-order valence-corrected chi connectivity index (χ1v) is 9.16. The minimum absolute atomic E-state index is 0.248. The van der Waals surface area contributed by atoms with E-state index in [4.69, 9.17) is 9.47 Å². The first-order chi connectivity index (χ1) is 13.0. The zero-order valence-electron chi connectivity index (χ0n) is 15.0. The summed E-state index contributed by atoms with van der Waals surface area (Å²) in [6, 6.07) is 11.8. The summed E-state index contributed by atoms with van der Waals surface area (Å²) >= 11 is 3.41. The van der Waals surface area contributed by atoms with E-state index >= 15 is 0 Å². The molecule has 0 saturated heterocycles. The Kier molecular flexibility index (Phi) is 7.43. The monoisotopic (exact) mass is 433 g/mol. The molecule has 0 heterocycles. The van der Waals surface area contributed by atoms with Gasteiger partial charge in [-0.15, -0.1) is 0 Å². The number of carboxylic acid groups (broad SMARTS) is 1. The molecular weight excluding hydrogens is 414 g/mol. The summed E-state index contributed by atoms with van der Waals surface area (Å²) in [7, 11) is 0. The maximum absolute atomic E-state index is 12.3. The standard InChI is InChI=1S/C20H20BrNO5/c1-3-26-17-12-13(10-15(21)18(17)27-4-2)11-16(20(24)25)22-19(23)14-8-6-5-7-9-14/h5-12H,3-4H2,1-2H3,(H,22,23)(H,24,25). The Morgan fingerprint density at radius 1 is 1.11 bits per heavy atom. The van der Waals surface area contributed by atoms with Crippen molar-refractivity contribution in [2.24, 2.45) is 0 Å². The molecule has 0 aliphatic carbocycles. The summed E-state index contributed by atoms with van der Waals surface area (Å²) in [4.78, 5) is 23.8. The Morgan fingerprint density at radius 2 is 1.78 bits per heavy atom. The van der Waals surface area contributed by atoms with Crippen LogP contribution < -0.4 is 14.8 Å². The van der Waals surface area contributed by atoms with E-state index in [1.807, 2.05) is 13.8 Å². The zero-order valence-corrected chi connectivity index (χ0v) is 16.6. The van der Waals surface area contributed by atoms with E-state index < -0.39 is 11.9 Å². The van der Waals surface area contributed by atoms with Gasteiger partial charge in [0.1, 0.15) is 5.70 Å². The Balaban J connectivity index is 2.37. The Hall–Kier alpha value is -2.80. The van der Waals surface area contributed by atoms with E-state index in [2.05, 4.69) is 21.2 Å². The van der Waals surface area contributed by atoms with Crippen molar-refractivity contribution in [2.45, 2.75) is 13.8 Å². The summed E-state index contributed by atoms with van der Waals surface area (Å²) in [5, 5.41) is 11.9. The van der Waals surface area contributed by atoms with Gasteiger partial charge >= 0.3 is 5.97 Å². The molecule has 6 nitrogen and oxygen atoms in total. The van der Waals surface area contributed by atoms with Crippen LogP contribution in [0, 0.1) is 0 Å². The number of ether oxygens (including phenoxy) is 2. The molecule has 0 atom stereocenters. The number of aliphatic carboxylic acids is 1. The van der Waals surface area contributed by atoms with Gasteiger partial charge in [-0.05, 0) is 65.7 Å². The molecule has 0 aliphatic heterocycles. The number of hydrogen-bond acceptors (Lipinski definition) is 4. The smallest absolute Gasteiger partial charge is 0.352 e. The predicted molar refractivity (Wildman–Crippen MR) is 106 cm³/mol. The third-order valence-electron chi connectivity index (χ3n) is 3.45. The fourth-order valence-electron chi connectivity index (χ4n) is 2.32. The minimum atomic E-state index is -1.25. The maximum atomic E-state index is 12.3.